The van der Waals surface area contributed by atoms with E-state index in [9.17, 15) is 4.79 Å². The van der Waals surface area contributed by atoms with Crippen LogP contribution in [0.2, 0.25) is 5.02 Å². The number of oxazole rings is 1. The molecule has 0 spiro atoms. The van der Waals surface area contributed by atoms with Crippen molar-refractivity contribution in [1.82, 2.24) is 4.98 Å². The molecule has 0 atom stereocenters. The molecule has 0 N–H and O–H groups in total. The van der Waals surface area contributed by atoms with Crippen molar-refractivity contribution in [3.05, 3.63) is 46.6 Å². The maximum Gasteiger partial charge on any atom is 0.280 e. The Balaban J connectivity index is 2.32. The Morgan fingerprint density at radius 3 is 2.70 bits per heavy atom. The molecule has 0 aliphatic rings. The fourth-order valence-electron chi connectivity index (χ4n) is 1.89. The molecule has 0 radical (unpaired) electrons. The van der Waals surface area contributed by atoms with Crippen LogP contribution >= 0.6 is 11.6 Å². The number of carbonyl (C=O) groups is 1. The van der Waals surface area contributed by atoms with Crippen LogP contribution in [0.4, 0.5) is 5.69 Å². The predicted octanol–water partition coefficient (Wildman–Crippen LogP) is 4.04. The predicted molar refractivity (Wildman–Crippen MR) is 79.5 cm³/mol. The lowest BCUT2D eigenvalue weighted by molar-refractivity contribution is 0.0986. The summed E-state index contributed by atoms with van der Waals surface area (Å²) in [5.74, 6) is 0.494. The minimum Gasteiger partial charge on any atom is -0.447 e. The number of halogens is 1. The number of aromatic nitrogens is 1. The third-order valence-electron chi connectivity index (χ3n) is 3.17. The Bertz CT molecular complexity index is 635. The SMILES string of the molecule is Cc1ccc(N(C)C(=O)c2ncoc2C(C)C)cc1Cl. The van der Waals surface area contributed by atoms with Gasteiger partial charge in [0.25, 0.3) is 5.91 Å². The molecule has 1 heterocycles. The van der Waals surface area contributed by atoms with Crippen molar-refractivity contribution in [3.8, 4) is 0 Å². The molecule has 1 amide bonds. The Kier molecular flexibility index (Phi) is 4.14. The second-order valence-electron chi connectivity index (χ2n) is 5.02. The fraction of sp³-hybridized carbons (Fsp3) is 0.333. The zero-order valence-corrected chi connectivity index (χ0v) is 12.7. The van der Waals surface area contributed by atoms with E-state index in [-0.39, 0.29) is 11.8 Å². The van der Waals surface area contributed by atoms with E-state index in [1.165, 1.54) is 11.3 Å². The van der Waals surface area contributed by atoms with E-state index in [0.717, 1.165) is 11.3 Å². The van der Waals surface area contributed by atoms with Crippen LogP contribution in [0.15, 0.2) is 29.0 Å². The number of aryl methyl sites for hydroxylation is 1. The van der Waals surface area contributed by atoms with Crippen LogP contribution in [0.25, 0.3) is 0 Å². The van der Waals surface area contributed by atoms with Gasteiger partial charge in [-0.05, 0) is 24.6 Å². The first-order valence-corrected chi connectivity index (χ1v) is 6.77. The lowest BCUT2D eigenvalue weighted by atomic mass is 10.1. The molecule has 0 saturated heterocycles. The van der Waals surface area contributed by atoms with Gasteiger partial charge in [0.2, 0.25) is 0 Å². The Hall–Kier alpha value is -1.81. The van der Waals surface area contributed by atoms with Gasteiger partial charge in [-0.2, -0.15) is 0 Å². The molecule has 20 heavy (non-hydrogen) atoms. The van der Waals surface area contributed by atoms with Crippen LogP contribution in [0.3, 0.4) is 0 Å². The average Bonchev–Trinajstić information content (AvgIpc) is 2.89. The molecule has 2 rings (SSSR count). The van der Waals surface area contributed by atoms with Crippen molar-refractivity contribution in [2.45, 2.75) is 26.7 Å². The Morgan fingerprint density at radius 2 is 2.10 bits per heavy atom. The summed E-state index contributed by atoms with van der Waals surface area (Å²) in [6.45, 7) is 5.84. The first kappa shape index (κ1) is 14.6. The maximum absolute atomic E-state index is 12.5. The Morgan fingerprint density at radius 1 is 1.40 bits per heavy atom. The molecule has 0 unspecified atom stereocenters. The number of benzene rings is 1. The topological polar surface area (TPSA) is 46.3 Å². The highest BCUT2D eigenvalue weighted by Crippen LogP contribution is 2.25. The van der Waals surface area contributed by atoms with Gasteiger partial charge in [0, 0.05) is 23.7 Å². The van der Waals surface area contributed by atoms with Crippen molar-refractivity contribution in [1.29, 1.82) is 0 Å². The second-order valence-corrected chi connectivity index (χ2v) is 5.42. The molecule has 4 nitrogen and oxygen atoms in total. The van der Waals surface area contributed by atoms with E-state index in [4.69, 9.17) is 16.0 Å². The average molecular weight is 293 g/mol. The molecule has 0 aliphatic carbocycles. The van der Waals surface area contributed by atoms with Gasteiger partial charge in [-0.25, -0.2) is 4.98 Å². The van der Waals surface area contributed by atoms with Crippen molar-refractivity contribution < 1.29 is 9.21 Å². The van der Waals surface area contributed by atoms with Crippen LogP contribution in [0.1, 0.15) is 41.6 Å². The quantitative estimate of drug-likeness (QED) is 0.858. The highest BCUT2D eigenvalue weighted by Gasteiger charge is 2.23. The van der Waals surface area contributed by atoms with E-state index >= 15 is 0 Å². The monoisotopic (exact) mass is 292 g/mol. The number of rotatable bonds is 3. The largest absolute Gasteiger partial charge is 0.447 e. The maximum atomic E-state index is 12.5. The van der Waals surface area contributed by atoms with Crippen LogP contribution < -0.4 is 4.90 Å². The molecule has 5 heteroatoms. The summed E-state index contributed by atoms with van der Waals surface area (Å²) < 4.78 is 5.29. The molecule has 1 aromatic carbocycles. The standard InChI is InChI=1S/C15H17ClN2O2/c1-9(2)14-13(17-8-20-14)15(19)18(4)11-6-5-10(3)12(16)7-11/h5-9H,1-4H3. The van der Waals surface area contributed by atoms with Crippen molar-refractivity contribution in [3.63, 3.8) is 0 Å². The lowest BCUT2D eigenvalue weighted by Gasteiger charge is -2.17. The number of anilines is 1. The highest BCUT2D eigenvalue weighted by atomic mass is 35.5. The van der Waals surface area contributed by atoms with Crippen LogP contribution in [-0.4, -0.2) is 17.9 Å². The van der Waals surface area contributed by atoms with Gasteiger partial charge in [-0.1, -0.05) is 31.5 Å². The van der Waals surface area contributed by atoms with Crippen molar-refractivity contribution in [2.24, 2.45) is 0 Å². The van der Waals surface area contributed by atoms with Crippen molar-refractivity contribution in [2.75, 3.05) is 11.9 Å². The van der Waals surface area contributed by atoms with Gasteiger partial charge in [-0.3, -0.25) is 4.79 Å². The minimum absolute atomic E-state index is 0.103. The number of carbonyl (C=O) groups excluding carboxylic acids is 1. The first-order chi connectivity index (χ1) is 9.41. The van der Waals surface area contributed by atoms with E-state index in [0.29, 0.717) is 16.5 Å². The zero-order valence-electron chi connectivity index (χ0n) is 12.0. The molecule has 106 valence electrons. The normalized spacial score (nSPS) is 10.9. The fourth-order valence-corrected chi connectivity index (χ4v) is 2.07. The van der Waals surface area contributed by atoms with Crippen molar-refractivity contribution >= 4 is 23.2 Å². The third-order valence-corrected chi connectivity index (χ3v) is 3.58. The zero-order chi connectivity index (χ0) is 14.9. The van der Waals surface area contributed by atoms with E-state index in [1.54, 1.807) is 13.1 Å². The number of hydrogen-bond donors (Lipinski definition) is 0. The molecule has 2 aromatic rings. The minimum atomic E-state index is -0.206. The van der Waals surface area contributed by atoms with E-state index in [1.807, 2.05) is 32.9 Å². The summed E-state index contributed by atoms with van der Waals surface area (Å²) in [6.07, 6.45) is 1.30. The summed E-state index contributed by atoms with van der Waals surface area (Å²) in [5.41, 5.74) is 2.04. The molecular formula is C15H17ClN2O2. The summed E-state index contributed by atoms with van der Waals surface area (Å²) in [7, 11) is 1.70. The molecule has 0 fully saturated rings. The summed E-state index contributed by atoms with van der Waals surface area (Å²) >= 11 is 6.10. The van der Waals surface area contributed by atoms with Gasteiger partial charge >= 0.3 is 0 Å². The molecule has 0 saturated carbocycles. The highest BCUT2D eigenvalue weighted by molar-refractivity contribution is 6.31. The molecule has 1 aromatic heterocycles. The smallest absolute Gasteiger partial charge is 0.280 e. The van der Waals surface area contributed by atoms with Crippen LogP contribution in [-0.2, 0) is 0 Å². The van der Waals surface area contributed by atoms with E-state index in [2.05, 4.69) is 4.98 Å². The lowest BCUT2D eigenvalue weighted by Crippen LogP contribution is -2.27. The molecule has 0 bridgehead atoms. The molecule has 0 aliphatic heterocycles. The summed E-state index contributed by atoms with van der Waals surface area (Å²) in [5, 5.41) is 0.631. The third kappa shape index (κ3) is 2.70. The van der Waals surface area contributed by atoms with Gasteiger partial charge in [0.15, 0.2) is 12.1 Å². The van der Waals surface area contributed by atoms with E-state index < -0.39 is 0 Å². The molecular weight excluding hydrogens is 276 g/mol. The number of nitrogens with zero attached hydrogens (tertiary/aromatic N) is 2. The van der Waals surface area contributed by atoms with Gasteiger partial charge in [0.05, 0.1) is 0 Å². The van der Waals surface area contributed by atoms with Gasteiger partial charge in [-0.15, -0.1) is 0 Å². The van der Waals surface area contributed by atoms with Crippen LogP contribution in [0.5, 0.6) is 0 Å². The first-order valence-electron chi connectivity index (χ1n) is 6.39. The summed E-state index contributed by atoms with van der Waals surface area (Å²) in [4.78, 5) is 18.0. The Labute approximate surface area is 123 Å². The van der Waals surface area contributed by atoms with Gasteiger partial charge < -0.3 is 9.32 Å². The number of amides is 1. The number of hydrogen-bond acceptors (Lipinski definition) is 3. The van der Waals surface area contributed by atoms with Gasteiger partial charge in [0.1, 0.15) is 5.76 Å². The second kappa shape index (κ2) is 5.67. The van der Waals surface area contributed by atoms with Crippen LogP contribution in [0, 0.1) is 6.92 Å². The summed E-state index contributed by atoms with van der Waals surface area (Å²) in [6, 6.07) is 5.51.